The van der Waals surface area contributed by atoms with Gasteiger partial charge in [0.1, 0.15) is 10.1 Å². The third kappa shape index (κ3) is 4.46. The van der Waals surface area contributed by atoms with E-state index in [2.05, 4.69) is 11.1 Å². The summed E-state index contributed by atoms with van der Waals surface area (Å²) in [6.45, 7) is 0. The fourth-order valence-electron chi connectivity index (χ4n) is 2.23. The Morgan fingerprint density at radius 1 is 1.25 bits per heavy atom. The van der Waals surface area contributed by atoms with Crippen LogP contribution in [0.25, 0.3) is 0 Å². The van der Waals surface area contributed by atoms with Crippen molar-refractivity contribution >= 4 is 45.3 Å². The van der Waals surface area contributed by atoms with E-state index in [0.29, 0.717) is 22.4 Å². The molecular weight excluding hydrogens is 368 g/mol. The van der Waals surface area contributed by atoms with E-state index >= 15 is 0 Å². The van der Waals surface area contributed by atoms with Gasteiger partial charge < -0.3 is 4.74 Å². The molecule has 0 fully saturated rings. The second-order valence-corrected chi connectivity index (χ2v) is 8.17. The lowest BCUT2D eigenvalue weighted by Crippen LogP contribution is -1.97. The Balaban J connectivity index is 1.68. The van der Waals surface area contributed by atoms with Crippen molar-refractivity contribution in [2.24, 2.45) is 4.99 Å². The van der Waals surface area contributed by atoms with E-state index in [1.165, 1.54) is 12.7 Å². The Morgan fingerprint density at radius 2 is 2.08 bits per heavy atom. The molecule has 0 bridgehead atoms. The number of thioether (sulfide) groups is 3. The van der Waals surface area contributed by atoms with E-state index in [4.69, 9.17) is 4.74 Å². The predicted octanol–water partition coefficient (Wildman–Crippen LogP) is 6.18. The molecule has 3 rings (SSSR count). The second-order valence-electron chi connectivity index (χ2n) is 4.95. The molecule has 0 saturated heterocycles. The molecule has 0 radical (unpaired) electrons. The van der Waals surface area contributed by atoms with Gasteiger partial charge in [-0.25, -0.2) is 4.99 Å². The molecule has 0 N–H and O–H groups in total. The van der Waals surface area contributed by atoms with Crippen LogP contribution in [0.2, 0.25) is 0 Å². The summed E-state index contributed by atoms with van der Waals surface area (Å²) in [4.78, 5) is 5.13. The van der Waals surface area contributed by atoms with Crippen LogP contribution >= 0.6 is 35.3 Å². The molecule has 24 heavy (non-hydrogen) atoms. The van der Waals surface area contributed by atoms with Crippen molar-refractivity contribution in [3.8, 4) is 5.75 Å². The number of halogens is 2. The molecule has 2 nitrogen and oxygen atoms in total. The first kappa shape index (κ1) is 17.6. The summed E-state index contributed by atoms with van der Waals surface area (Å²) in [5.41, 5.74) is 3.31. The molecule has 0 amide bonds. The van der Waals surface area contributed by atoms with Crippen molar-refractivity contribution in [1.82, 2.24) is 0 Å². The Kier molecular flexibility index (Phi) is 6.08. The average Bonchev–Trinajstić information content (AvgIpc) is 2.60. The number of ether oxygens (including phenoxy) is 1. The maximum absolute atomic E-state index is 12.5. The first-order valence-corrected chi connectivity index (χ1v) is 10.0. The van der Waals surface area contributed by atoms with Crippen LogP contribution in [0.3, 0.4) is 0 Å². The van der Waals surface area contributed by atoms with Gasteiger partial charge in [0.05, 0.1) is 17.7 Å². The summed E-state index contributed by atoms with van der Waals surface area (Å²) in [5.74, 6) is -0.312. The highest BCUT2D eigenvalue weighted by Gasteiger charge is 2.14. The van der Waals surface area contributed by atoms with Crippen LogP contribution < -0.4 is 4.74 Å². The summed E-state index contributed by atoms with van der Waals surface area (Å²) in [5, 5.41) is 0. The van der Waals surface area contributed by atoms with Gasteiger partial charge in [-0.15, -0.1) is 0 Å². The molecule has 0 aromatic heterocycles. The summed E-state index contributed by atoms with van der Waals surface area (Å²) in [6.07, 6.45) is 0. The van der Waals surface area contributed by atoms with Gasteiger partial charge in [-0.05, 0) is 29.3 Å². The van der Waals surface area contributed by atoms with E-state index in [1.807, 2.05) is 30.3 Å². The van der Waals surface area contributed by atoms with Crippen LogP contribution in [-0.2, 0) is 11.5 Å². The number of rotatable bonds is 5. The average molecular weight is 384 g/mol. The zero-order valence-electron chi connectivity index (χ0n) is 12.9. The lowest BCUT2D eigenvalue weighted by molar-refractivity contribution is 0.251. The topological polar surface area (TPSA) is 21.6 Å². The maximum Gasteiger partial charge on any atom is 0.289 e. The SMILES string of the molecule is COc1cc(CSC2=Nc3ccccc3CS2)ccc1SC(F)F. The number of methoxy groups -OCH3 is 1. The van der Waals surface area contributed by atoms with E-state index in [1.54, 1.807) is 29.6 Å². The number of nitrogens with zero attached hydrogens (tertiary/aromatic N) is 1. The number of hydrogen-bond donors (Lipinski definition) is 0. The van der Waals surface area contributed by atoms with Crippen LogP contribution in [0.5, 0.6) is 5.75 Å². The maximum atomic E-state index is 12.5. The number of aliphatic imine (C=N–C) groups is 1. The number of fused-ring (bicyclic) bond motifs is 1. The van der Waals surface area contributed by atoms with Gasteiger partial charge in [0.2, 0.25) is 0 Å². The lowest BCUT2D eigenvalue weighted by atomic mass is 10.2. The molecule has 126 valence electrons. The van der Waals surface area contributed by atoms with Crippen LogP contribution in [0.15, 0.2) is 52.4 Å². The van der Waals surface area contributed by atoms with Crippen molar-refractivity contribution in [3.63, 3.8) is 0 Å². The highest BCUT2D eigenvalue weighted by Crippen LogP contribution is 2.37. The number of benzene rings is 2. The molecule has 0 aliphatic carbocycles. The lowest BCUT2D eigenvalue weighted by Gasteiger charge is -2.14. The largest absolute Gasteiger partial charge is 0.496 e. The van der Waals surface area contributed by atoms with Crippen molar-refractivity contribution in [2.45, 2.75) is 22.2 Å². The monoisotopic (exact) mass is 383 g/mol. The molecule has 1 aliphatic rings. The van der Waals surface area contributed by atoms with Gasteiger partial charge in [-0.1, -0.05) is 59.6 Å². The van der Waals surface area contributed by atoms with Gasteiger partial charge in [-0.3, -0.25) is 0 Å². The molecule has 0 unspecified atom stereocenters. The Hall–Kier alpha value is -1.18. The molecule has 0 saturated carbocycles. The van der Waals surface area contributed by atoms with Gasteiger partial charge in [0.25, 0.3) is 5.76 Å². The van der Waals surface area contributed by atoms with Crippen LogP contribution in [0.1, 0.15) is 11.1 Å². The molecule has 2 aromatic rings. The minimum Gasteiger partial charge on any atom is -0.496 e. The third-order valence-electron chi connectivity index (χ3n) is 3.36. The van der Waals surface area contributed by atoms with Crippen molar-refractivity contribution in [2.75, 3.05) is 7.11 Å². The highest BCUT2D eigenvalue weighted by atomic mass is 32.2. The van der Waals surface area contributed by atoms with E-state index in [9.17, 15) is 8.78 Å². The normalized spacial score (nSPS) is 13.6. The molecule has 1 heterocycles. The Bertz CT molecular complexity index is 752. The fourth-order valence-corrected chi connectivity index (χ4v) is 4.83. The van der Waals surface area contributed by atoms with Gasteiger partial charge in [0, 0.05) is 11.5 Å². The van der Waals surface area contributed by atoms with Crippen LogP contribution in [-0.4, -0.2) is 17.2 Å². The number of alkyl halides is 2. The quantitative estimate of drug-likeness (QED) is 0.575. The van der Waals surface area contributed by atoms with E-state index in [0.717, 1.165) is 27.1 Å². The molecule has 1 aliphatic heterocycles. The second kappa shape index (κ2) is 8.27. The predicted molar refractivity (Wildman–Crippen MR) is 101 cm³/mol. The minimum atomic E-state index is -2.45. The first-order valence-electron chi connectivity index (χ1n) is 7.19. The summed E-state index contributed by atoms with van der Waals surface area (Å²) < 4.78 is 31.3. The van der Waals surface area contributed by atoms with Crippen LogP contribution in [0.4, 0.5) is 14.5 Å². The summed E-state index contributed by atoms with van der Waals surface area (Å²) >= 11 is 3.88. The molecule has 7 heteroatoms. The standard InChI is InChI=1S/C17H15F2NOS3/c1-21-14-8-11(6-7-15(14)24-16(18)19)9-22-17-20-13-5-3-2-4-12(13)10-23-17/h2-8,16H,9-10H2,1H3. The van der Waals surface area contributed by atoms with Crippen molar-refractivity contribution in [3.05, 3.63) is 53.6 Å². The first-order chi connectivity index (χ1) is 11.7. The smallest absolute Gasteiger partial charge is 0.289 e. The van der Waals surface area contributed by atoms with Crippen molar-refractivity contribution < 1.29 is 13.5 Å². The number of para-hydroxylation sites is 1. The molecule has 0 spiro atoms. The number of hydrogen-bond acceptors (Lipinski definition) is 5. The summed E-state index contributed by atoms with van der Waals surface area (Å²) in [7, 11) is 1.50. The molecule has 2 aromatic carbocycles. The Labute approximate surface area is 152 Å². The zero-order valence-corrected chi connectivity index (χ0v) is 15.3. The fraction of sp³-hybridized carbons (Fsp3) is 0.235. The Morgan fingerprint density at radius 3 is 2.88 bits per heavy atom. The van der Waals surface area contributed by atoms with Gasteiger partial charge in [0.15, 0.2) is 0 Å². The van der Waals surface area contributed by atoms with Crippen molar-refractivity contribution in [1.29, 1.82) is 0 Å². The van der Waals surface area contributed by atoms with Crippen LogP contribution in [0, 0.1) is 0 Å². The third-order valence-corrected chi connectivity index (χ3v) is 6.45. The summed E-state index contributed by atoms with van der Waals surface area (Å²) in [6, 6.07) is 13.5. The van der Waals surface area contributed by atoms with E-state index < -0.39 is 5.76 Å². The zero-order chi connectivity index (χ0) is 16.9. The van der Waals surface area contributed by atoms with E-state index in [-0.39, 0.29) is 0 Å². The van der Waals surface area contributed by atoms with Gasteiger partial charge in [-0.2, -0.15) is 8.78 Å². The minimum absolute atomic E-state index is 0.458. The highest BCUT2D eigenvalue weighted by molar-refractivity contribution is 8.38. The van der Waals surface area contributed by atoms with Gasteiger partial charge >= 0.3 is 0 Å². The molecular formula is C17H15F2NOS3. The molecule has 0 atom stereocenters.